The molecular formula is C18H15BrOS. The van der Waals surface area contributed by atoms with Crippen molar-refractivity contribution in [1.29, 1.82) is 0 Å². The van der Waals surface area contributed by atoms with E-state index in [1.165, 1.54) is 15.7 Å². The van der Waals surface area contributed by atoms with Crippen molar-refractivity contribution in [3.8, 4) is 5.75 Å². The van der Waals surface area contributed by atoms with Gasteiger partial charge < -0.3 is 4.74 Å². The summed E-state index contributed by atoms with van der Waals surface area (Å²) in [7, 11) is 0. The Morgan fingerprint density at radius 2 is 1.62 bits per heavy atom. The molecule has 0 fully saturated rings. The van der Waals surface area contributed by atoms with Crippen molar-refractivity contribution in [2.24, 2.45) is 0 Å². The van der Waals surface area contributed by atoms with Crippen LogP contribution in [0.3, 0.4) is 0 Å². The number of hydrogen-bond donors (Lipinski definition) is 0. The SMILES string of the molecule is Brc1c(OCCSc2ccccc2)ccc2ccccc12. The van der Waals surface area contributed by atoms with Crippen LogP contribution >= 0.6 is 27.7 Å². The van der Waals surface area contributed by atoms with Crippen LogP contribution in [0.15, 0.2) is 76.1 Å². The van der Waals surface area contributed by atoms with E-state index in [0.717, 1.165) is 16.0 Å². The van der Waals surface area contributed by atoms with Gasteiger partial charge in [-0.2, -0.15) is 0 Å². The minimum atomic E-state index is 0.691. The molecule has 1 nitrogen and oxygen atoms in total. The highest BCUT2D eigenvalue weighted by Crippen LogP contribution is 2.33. The number of halogens is 1. The molecule has 3 aromatic carbocycles. The third-order valence-corrected chi connectivity index (χ3v) is 4.97. The molecule has 0 heterocycles. The lowest BCUT2D eigenvalue weighted by atomic mass is 10.1. The molecule has 0 bridgehead atoms. The van der Waals surface area contributed by atoms with Crippen LogP contribution in [-0.2, 0) is 0 Å². The lowest BCUT2D eigenvalue weighted by Gasteiger charge is -2.10. The van der Waals surface area contributed by atoms with Crippen molar-refractivity contribution in [3.05, 3.63) is 71.2 Å². The van der Waals surface area contributed by atoms with Crippen molar-refractivity contribution in [2.45, 2.75) is 4.90 Å². The number of rotatable bonds is 5. The molecule has 0 radical (unpaired) electrons. The summed E-state index contributed by atoms with van der Waals surface area (Å²) in [6, 6.07) is 22.8. The molecule has 0 amide bonds. The van der Waals surface area contributed by atoms with E-state index in [0.29, 0.717) is 6.61 Å². The van der Waals surface area contributed by atoms with Crippen molar-refractivity contribution in [2.75, 3.05) is 12.4 Å². The summed E-state index contributed by atoms with van der Waals surface area (Å²) in [6.45, 7) is 0.691. The largest absolute Gasteiger partial charge is 0.492 e. The molecule has 3 aromatic rings. The number of benzene rings is 3. The summed E-state index contributed by atoms with van der Waals surface area (Å²) in [5, 5.41) is 2.40. The van der Waals surface area contributed by atoms with E-state index in [1.54, 1.807) is 0 Å². The van der Waals surface area contributed by atoms with Crippen LogP contribution in [0.1, 0.15) is 0 Å². The van der Waals surface area contributed by atoms with E-state index >= 15 is 0 Å². The van der Waals surface area contributed by atoms with Crippen LogP contribution < -0.4 is 4.74 Å². The third-order valence-electron chi connectivity index (χ3n) is 3.18. The number of fused-ring (bicyclic) bond motifs is 1. The Morgan fingerprint density at radius 3 is 2.48 bits per heavy atom. The highest BCUT2D eigenvalue weighted by atomic mass is 79.9. The predicted octanol–water partition coefficient (Wildman–Crippen LogP) is 5.77. The van der Waals surface area contributed by atoms with Crippen molar-refractivity contribution >= 4 is 38.5 Å². The van der Waals surface area contributed by atoms with Gasteiger partial charge in [-0.1, -0.05) is 48.5 Å². The minimum Gasteiger partial charge on any atom is -0.492 e. The molecule has 0 atom stereocenters. The second-order valence-electron chi connectivity index (χ2n) is 4.61. The summed E-state index contributed by atoms with van der Waals surface area (Å²) < 4.78 is 6.93. The molecule has 0 aliphatic heterocycles. The van der Waals surface area contributed by atoms with Gasteiger partial charge in [-0.25, -0.2) is 0 Å². The maximum absolute atomic E-state index is 5.90. The molecule has 0 aliphatic rings. The molecule has 0 saturated carbocycles. The van der Waals surface area contributed by atoms with Crippen molar-refractivity contribution in [1.82, 2.24) is 0 Å². The van der Waals surface area contributed by atoms with Gasteiger partial charge in [0.25, 0.3) is 0 Å². The van der Waals surface area contributed by atoms with E-state index in [4.69, 9.17) is 4.74 Å². The Kier molecular flexibility index (Phi) is 4.84. The van der Waals surface area contributed by atoms with Gasteiger partial charge in [-0.15, -0.1) is 11.8 Å². The first-order chi connectivity index (χ1) is 10.3. The molecule has 3 heteroatoms. The van der Waals surface area contributed by atoms with Crippen LogP contribution in [0.2, 0.25) is 0 Å². The van der Waals surface area contributed by atoms with Crippen LogP contribution in [-0.4, -0.2) is 12.4 Å². The zero-order valence-electron chi connectivity index (χ0n) is 11.5. The summed E-state index contributed by atoms with van der Waals surface area (Å²) >= 11 is 5.46. The minimum absolute atomic E-state index is 0.691. The van der Waals surface area contributed by atoms with E-state index in [2.05, 4.69) is 58.4 Å². The smallest absolute Gasteiger partial charge is 0.134 e. The second-order valence-corrected chi connectivity index (χ2v) is 6.57. The van der Waals surface area contributed by atoms with Crippen LogP contribution in [0.25, 0.3) is 10.8 Å². The maximum atomic E-state index is 5.90. The molecule has 3 rings (SSSR count). The topological polar surface area (TPSA) is 9.23 Å². The summed E-state index contributed by atoms with van der Waals surface area (Å²) in [4.78, 5) is 1.28. The predicted molar refractivity (Wildman–Crippen MR) is 94.3 cm³/mol. The number of hydrogen-bond acceptors (Lipinski definition) is 2. The molecule has 0 spiro atoms. The fourth-order valence-electron chi connectivity index (χ4n) is 2.15. The maximum Gasteiger partial charge on any atom is 0.134 e. The average Bonchev–Trinajstić information content (AvgIpc) is 2.55. The molecule has 0 saturated heterocycles. The first-order valence-corrected chi connectivity index (χ1v) is 8.60. The van der Waals surface area contributed by atoms with Gasteiger partial charge in [0.05, 0.1) is 11.1 Å². The molecule has 0 unspecified atom stereocenters. The Hall–Kier alpha value is -1.45. The van der Waals surface area contributed by atoms with E-state index in [1.807, 2.05) is 36.0 Å². The lowest BCUT2D eigenvalue weighted by Crippen LogP contribution is -2.00. The molecule has 0 aromatic heterocycles. The van der Waals surface area contributed by atoms with Crippen molar-refractivity contribution < 1.29 is 4.74 Å². The summed E-state index contributed by atoms with van der Waals surface area (Å²) in [5.41, 5.74) is 0. The molecule has 21 heavy (non-hydrogen) atoms. The molecule has 106 valence electrons. The van der Waals surface area contributed by atoms with Gasteiger partial charge in [0.2, 0.25) is 0 Å². The van der Waals surface area contributed by atoms with E-state index in [9.17, 15) is 0 Å². The summed E-state index contributed by atoms with van der Waals surface area (Å²) in [6.07, 6.45) is 0. The van der Waals surface area contributed by atoms with Gasteiger partial charge in [-0.3, -0.25) is 0 Å². The van der Waals surface area contributed by atoms with Gasteiger partial charge in [0, 0.05) is 10.6 Å². The highest BCUT2D eigenvalue weighted by molar-refractivity contribution is 9.10. The highest BCUT2D eigenvalue weighted by Gasteiger charge is 2.05. The average molecular weight is 359 g/mol. The summed E-state index contributed by atoms with van der Waals surface area (Å²) in [5.74, 6) is 1.84. The van der Waals surface area contributed by atoms with Gasteiger partial charge >= 0.3 is 0 Å². The number of ether oxygens (including phenoxy) is 1. The fraction of sp³-hybridized carbons (Fsp3) is 0.111. The Morgan fingerprint density at radius 1 is 0.857 bits per heavy atom. The zero-order chi connectivity index (χ0) is 14.5. The fourth-order valence-corrected chi connectivity index (χ4v) is 3.51. The first kappa shape index (κ1) is 14.5. The van der Waals surface area contributed by atoms with Crippen molar-refractivity contribution in [3.63, 3.8) is 0 Å². The Labute approximate surface area is 137 Å². The zero-order valence-corrected chi connectivity index (χ0v) is 13.9. The number of thioether (sulfide) groups is 1. The van der Waals surface area contributed by atoms with Crippen LogP contribution in [0.5, 0.6) is 5.75 Å². The molecule has 0 aliphatic carbocycles. The van der Waals surface area contributed by atoms with Crippen LogP contribution in [0, 0.1) is 0 Å². The third kappa shape index (κ3) is 3.60. The molecule has 0 N–H and O–H groups in total. The Balaban J connectivity index is 1.62. The first-order valence-electron chi connectivity index (χ1n) is 6.82. The Bertz CT molecular complexity index is 728. The van der Waals surface area contributed by atoms with Gasteiger partial charge in [-0.05, 0) is 44.9 Å². The van der Waals surface area contributed by atoms with Gasteiger partial charge in [0.15, 0.2) is 0 Å². The van der Waals surface area contributed by atoms with Gasteiger partial charge in [0.1, 0.15) is 5.75 Å². The van der Waals surface area contributed by atoms with Crippen LogP contribution in [0.4, 0.5) is 0 Å². The van der Waals surface area contributed by atoms with E-state index in [-0.39, 0.29) is 0 Å². The monoisotopic (exact) mass is 358 g/mol. The molecular weight excluding hydrogens is 344 g/mol. The normalized spacial score (nSPS) is 10.7. The van der Waals surface area contributed by atoms with E-state index < -0.39 is 0 Å². The quantitative estimate of drug-likeness (QED) is 0.422. The standard InChI is InChI=1S/C18H15BrOS/c19-18-16-9-5-4-6-14(16)10-11-17(18)20-12-13-21-15-7-2-1-3-8-15/h1-11H,12-13H2. The lowest BCUT2D eigenvalue weighted by molar-refractivity contribution is 0.342. The second kappa shape index (κ2) is 7.01.